The second kappa shape index (κ2) is 4.48. The van der Waals surface area contributed by atoms with Gasteiger partial charge in [-0.05, 0) is 0 Å². The number of rotatable bonds is 0. The van der Waals surface area contributed by atoms with Gasteiger partial charge >= 0.3 is 29.6 Å². The van der Waals surface area contributed by atoms with Crippen LogP contribution in [0.3, 0.4) is 0 Å². The maximum Gasteiger partial charge on any atom is 1.00 e. The Balaban J connectivity index is 0. The summed E-state index contributed by atoms with van der Waals surface area (Å²) in [7, 11) is 0. The van der Waals surface area contributed by atoms with Gasteiger partial charge in [-0.1, -0.05) is 0 Å². The molecular weight excluding hydrogens is 265 g/mol. The van der Waals surface area contributed by atoms with Crippen molar-refractivity contribution < 1.29 is 29.6 Å². The average Bonchev–Trinajstić information content (AvgIpc) is 0.722. The molecule has 0 unspecified atom stereocenters. The second-order valence-electron chi connectivity index (χ2n) is 0.495. The average molecular weight is 265 g/mol. The molecule has 0 nitrogen and oxygen atoms in total. The summed E-state index contributed by atoms with van der Waals surface area (Å²) in [6.45, 7) is 0. The Hall–Kier alpha value is 2.60. The Morgan fingerprint density at radius 2 is 1.17 bits per heavy atom. The molecule has 0 saturated carbocycles. The summed E-state index contributed by atoms with van der Waals surface area (Å²) in [6, 6.07) is 0. The van der Waals surface area contributed by atoms with Gasteiger partial charge in [0.25, 0.3) is 2.62 Å². The number of hydrogen-bond acceptors (Lipinski definition) is 0. The predicted molar refractivity (Wildman–Crippen MR) is 35.3 cm³/mol. The van der Waals surface area contributed by atoms with Gasteiger partial charge in [0.05, 0.1) is 0 Å². The molecular formula is BBr2Cl2Na. The first-order valence-electron chi connectivity index (χ1n) is 0.873. The fourth-order valence-electron chi connectivity index (χ4n) is 0. The third-order valence-corrected chi connectivity index (χ3v) is 0. The molecule has 0 aromatic carbocycles. The summed E-state index contributed by atoms with van der Waals surface area (Å²) in [4.78, 5) is 0. The third-order valence-electron chi connectivity index (χ3n) is 0. The van der Waals surface area contributed by atoms with Gasteiger partial charge < -0.3 is 54.4 Å². The van der Waals surface area contributed by atoms with Crippen LogP contribution in [-0.2, 0) is 0 Å². The van der Waals surface area contributed by atoms with E-state index in [1.165, 1.54) is 0 Å². The molecule has 0 N–H and O–H groups in total. The molecule has 0 aliphatic rings. The van der Waals surface area contributed by atoms with Crippen LogP contribution in [0, 0.1) is 0 Å². The van der Waals surface area contributed by atoms with Gasteiger partial charge in [-0.25, -0.2) is 0 Å². The SMILES string of the molecule is Cl[B-](Cl)(Br)Br.[Na+]. The van der Waals surface area contributed by atoms with E-state index in [1.54, 1.807) is 0 Å². The standard InChI is InChI=1S/BBr2Cl2.Na/c2-1(3,4)5;/q-1;+1. The molecule has 0 aromatic heterocycles. The Bertz CT molecular complexity index is 27.0. The fraction of sp³-hybridized carbons (Fsp3) is 0. The first-order chi connectivity index (χ1) is 2.00. The van der Waals surface area contributed by atoms with Gasteiger partial charge in [-0.15, -0.1) is 0 Å². The first-order valence-corrected chi connectivity index (χ1v) is 3.58. The number of halogens is 4. The molecule has 0 aromatic rings. The van der Waals surface area contributed by atoms with Crippen LogP contribution in [-0.4, -0.2) is 2.62 Å². The van der Waals surface area contributed by atoms with E-state index in [1.807, 2.05) is 0 Å². The van der Waals surface area contributed by atoms with Gasteiger partial charge in [0.1, 0.15) is 0 Å². The second-order valence-corrected chi connectivity index (χ2v) is 8.11. The summed E-state index contributed by atoms with van der Waals surface area (Å²) in [6.07, 6.45) is 0. The van der Waals surface area contributed by atoms with E-state index in [0.29, 0.717) is 0 Å². The Morgan fingerprint density at radius 1 is 1.17 bits per heavy atom. The molecule has 0 rings (SSSR count). The molecule has 0 fully saturated rings. The molecule has 0 bridgehead atoms. The van der Waals surface area contributed by atoms with Crippen LogP contribution in [0.15, 0.2) is 0 Å². The van der Waals surface area contributed by atoms with Crippen molar-refractivity contribution in [1.82, 2.24) is 0 Å². The smallest absolute Gasteiger partial charge is 0.341 e. The summed E-state index contributed by atoms with van der Waals surface area (Å²) in [5.41, 5.74) is 0. The van der Waals surface area contributed by atoms with Crippen LogP contribution < -0.4 is 29.6 Å². The predicted octanol–water partition coefficient (Wildman–Crippen LogP) is -0.307. The van der Waals surface area contributed by atoms with Crippen LogP contribution in [0.4, 0.5) is 0 Å². The molecule has 6 heavy (non-hydrogen) atoms. The maximum atomic E-state index is 5.19. The van der Waals surface area contributed by atoms with Crippen LogP contribution in [0.25, 0.3) is 0 Å². The molecule has 0 heterocycles. The van der Waals surface area contributed by atoms with E-state index >= 15 is 0 Å². The molecule has 0 amide bonds. The number of hydrogen-bond donors (Lipinski definition) is 0. The quantitative estimate of drug-likeness (QED) is 0.527. The van der Waals surface area contributed by atoms with Gasteiger partial charge in [-0.2, -0.15) is 0 Å². The topological polar surface area (TPSA) is 0 Å². The zero-order valence-electron chi connectivity index (χ0n) is 3.09. The van der Waals surface area contributed by atoms with Crippen LogP contribution >= 0.6 is 54.4 Å². The van der Waals surface area contributed by atoms with Crippen molar-refractivity contribution in [3.8, 4) is 0 Å². The zero-order valence-corrected chi connectivity index (χ0v) is 9.77. The van der Waals surface area contributed by atoms with E-state index in [2.05, 4.69) is 31.5 Å². The third kappa shape index (κ3) is 30.6. The van der Waals surface area contributed by atoms with Crippen molar-refractivity contribution in [2.45, 2.75) is 0 Å². The Labute approximate surface area is 85.3 Å². The van der Waals surface area contributed by atoms with Crippen molar-refractivity contribution in [2.75, 3.05) is 0 Å². The van der Waals surface area contributed by atoms with Crippen molar-refractivity contribution in [3.05, 3.63) is 0 Å². The normalized spacial score (nSPS) is 10.0. The van der Waals surface area contributed by atoms with Crippen LogP contribution in [0.5, 0.6) is 0 Å². The maximum absolute atomic E-state index is 5.19. The largest absolute Gasteiger partial charge is 1.00 e. The Morgan fingerprint density at radius 3 is 1.17 bits per heavy atom. The molecule has 0 spiro atoms. The van der Waals surface area contributed by atoms with E-state index in [9.17, 15) is 0 Å². The van der Waals surface area contributed by atoms with Crippen LogP contribution in [0.2, 0.25) is 0 Å². The molecule has 0 aliphatic carbocycles. The molecule has 32 valence electrons. The Kier molecular flexibility index (Phi) is 8.52. The van der Waals surface area contributed by atoms with Gasteiger partial charge in [-0.3, -0.25) is 0 Å². The van der Waals surface area contributed by atoms with E-state index < -0.39 is 2.62 Å². The molecule has 6 heteroatoms. The fourth-order valence-corrected chi connectivity index (χ4v) is 0. The summed E-state index contributed by atoms with van der Waals surface area (Å²) >= 11 is 16.2. The van der Waals surface area contributed by atoms with E-state index in [4.69, 9.17) is 22.9 Å². The minimum Gasteiger partial charge on any atom is -0.341 e. The molecule has 0 saturated heterocycles. The van der Waals surface area contributed by atoms with Gasteiger partial charge in [0, 0.05) is 0 Å². The van der Waals surface area contributed by atoms with E-state index in [-0.39, 0.29) is 29.6 Å². The van der Waals surface area contributed by atoms with Crippen LogP contribution in [0.1, 0.15) is 0 Å². The van der Waals surface area contributed by atoms with Crippen molar-refractivity contribution in [2.24, 2.45) is 0 Å². The van der Waals surface area contributed by atoms with Crippen molar-refractivity contribution in [1.29, 1.82) is 0 Å². The van der Waals surface area contributed by atoms with Gasteiger partial charge in [0.2, 0.25) is 0 Å². The summed E-state index contributed by atoms with van der Waals surface area (Å²) < 4.78 is -1.43. The molecule has 0 radical (unpaired) electrons. The van der Waals surface area contributed by atoms with Crippen molar-refractivity contribution in [3.63, 3.8) is 0 Å². The first kappa shape index (κ1) is 11.4. The van der Waals surface area contributed by atoms with E-state index in [0.717, 1.165) is 0 Å². The molecule has 0 atom stereocenters. The van der Waals surface area contributed by atoms with Gasteiger partial charge in [0.15, 0.2) is 0 Å². The molecule has 0 aliphatic heterocycles. The summed E-state index contributed by atoms with van der Waals surface area (Å²) in [5, 5.41) is 0. The summed E-state index contributed by atoms with van der Waals surface area (Å²) in [5.74, 6) is 0. The minimum atomic E-state index is -1.43. The minimum absolute atomic E-state index is 0. The van der Waals surface area contributed by atoms with Crippen molar-refractivity contribution >= 4 is 57.1 Å². The zero-order chi connectivity index (χ0) is 4.50. The monoisotopic (exact) mass is 262 g/mol.